The van der Waals surface area contributed by atoms with Crippen molar-refractivity contribution in [2.24, 2.45) is 0 Å². The number of hydrogen-bond donors (Lipinski definition) is 2. The van der Waals surface area contributed by atoms with E-state index in [4.69, 9.17) is 6.42 Å². The fraction of sp³-hybridized carbons (Fsp3) is 0.667. The smallest absolute Gasteiger partial charge is 0.244 e. The van der Waals surface area contributed by atoms with Crippen LogP contribution in [-0.4, -0.2) is 48.9 Å². The number of nitrogens with one attached hydrogen (secondary N) is 2. The Kier molecular flexibility index (Phi) is 7.82. The van der Waals surface area contributed by atoms with Gasteiger partial charge in [0.15, 0.2) is 0 Å². The first-order chi connectivity index (χ1) is 8.06. The number of amides is 2. The summed E-state index contributed by atoms with van der Waals surface area (Å²) in [6.45, 7) is 7.25. The van der Waals surface area contributed by atoms with Crippen LogP contribution in [0.2, 0.25) is 0 Å². The Morgan fingerprint density at radius 3 is 2.41 bits per heavy atom. The molecule has 0 aromatic carbocycles. The van der Waals surface area contributed by atoms with Crippen LogP contribution in [0.25, 0.3) is 0 Å². The lowest BCUT2D eigenvalue weighted by atomic mass is 10.2. The summed E-state index contributed by atoms with van der Waals surface area (Å²) in [5, 5.41) is 5.39. The Hall–Kier alpha value is -1.54. The summed E-state index contributed by atoms with van der Waals surface area (Å²) >= 11 is 0. The zero-order valence-electron chi connectivity index (χ0n) is 10.7. The second-order valence-corrected chi connectivity index (χ2v) is 3.61. The molecule has 0 rings (SSSR count). The fourth-order valence-corrected chi connectivity index (χ4v) is 1.41. The van der Waals surface area contributed by atoms with Crippen LogP contribution in [0.15, 0.2) is 0 Å². The predicted octanol–water partition coefficient (Wildman–Crippen LogP) is -0.418. The van der Waals surface area contributed by atoms with Gasteiger partial charge in [0, 0.05) is 13.1 Å². The SMILES string of the molecule is C#CCNCC(=O)NC(C)C(=O)N(CC)CC. The van der Waals surface area contributed by atoms with E-state index >= 15 is 0 Å². The second-order valence-electron chi connectivity index (χ2n) is 3.61. The lowest BCUT2D eigenvalue weighted by Crippen LogP contribution is -2.48. The largest absolute Gasteiger partial charge is 0.343 e. The number of nitrogens with zero attached hydrogens (tertiary/aromatic N) is 1. The van der Waals surface area contributed by atoms with Gasteiger partial charge in [0.1, 0.15) is 6.04 Å². The number of hydrogen-bond acceptors (Lipinski definition) is 3. The average Bonchev–Trinajstić information content (AvgIpc) is 2.30. The number of carbonyl (C=O) groups excluding carboxylic acids is 2. The molecule has 0 heterocycles. The minimum Gasteiger partial charge on any atom is -0.343 e. The third kappa shape index (κ3) is 5.93. The molecule has 5 heteroatoms. The van der Waals surface area contributed by atoms with E-state index in [1.165, 1.54) is 0 Å². The Morgan fingerprint density at radius 1 is 1.35 bits per heavy atom. The third-order valence-electron chi connectivity index (χ3n) is 2.34. The van der Waals surface area contributed by atoms with Gasteiger partial charge in [0.25, 0.3) is 0 Å². The first-order valence-corrected chi connectivity index (χ1v) is 5.79. The highest BCUT2D eigenvalue weighted by Gasteiger charge is 2.19. The second kappa shape index (κ2) is 8.59. The normalized spacial score (nSPS) is 11.4. The molecule has 2 N–H and O–H groups in total. The lowest BCUT2D eigenvalue weighted by Gasteiger charge is -2.23. The van der Waals surface area contributed by atoms with Gasteiger partial charge in [-0.05, 0) is 20.8 Å². The van der Waals surface area contributed by atoms with Crippen molar-refractivity contribution >= 4 is 11.8 Å². The maximum Gasteiger partial charge on any atom is 0.244 e. The molecular formula is C12H21N3O2. The molecule has 0 aliphatic rings. The quantitative estimate of drug-likeness (QED) is 0.469. The summed E-state index contributed by atoms with van der Waals surface area (Å²) < 4.78 is 0. The van der Waals surface area contributed by atoms with Gasteiger partial charge in [-0.3, -0.25) is 14.9 Å². The summed E-state index contributed by atoms with van der Waals surface area (Å²) in [5.74, 6) is 2.07. The molecule has 0 aliphatic heterocycles. The molecule has 0 radical (unpaired) electrons. The number of rotatable bonds is 7. The standard InChI is InChI=1S/C12H21N3O2/c1-5-8-13-9-11(16)14-10(4)12(17)15(6-2)7-3/h1,10,13H,6-9H2,2-4H3,(H,14,16). The van der Waals surface area contributed by atoms with Crippen LogP contribution in [0.5, 0.6) is 0 Å². The molecule has 1 atom stereocenters. The summed E-state index contributed by atoms with van der Waals surface area (Å²) in [5.41, 5.74) is 0. The van der Waals surface area contributed by atoms with E-state index < -0.39 is 6.04 Å². The first-order valence-electron chi connectivity index (χ1n) is 5.79. The van der Waals surface area contributed by atoms with Gasteiger partial charge in [0.2, 0.25) is 11.8 Å². The van der Waals surface area contributed by atoms with Crippen molar-refractivity contribution in [2.45, 2.75) is 26.8 Å². The van der Waals surface area contributed by atoms with Gasteiger partial charge in [0.05, 0.1) is 13.1 Å². The minimum absolute atomic E-state index is 0.0692. The Morgan fingerprint density at radius 2 is 1.94 bits per heavy atom. The van der Waals surface area contributed by atoms with Crippen molar-refractivity contribution in [3.8, 4) is 12.3 Å². The molecule has 0 bridgehead atoms. The molecule has 2 amide bonds. The van der Waals surface area contributed by atoms with Crippen LogP contribution in [0.3, 0.4) is 0 Å². The van der Waals surface area contributed by atoms with Crippen molar-refractivity contribution in [3.05, 3.63) is 0 Å². The van der Waals surface area contributed by atoms with E-state index in [2.05, 4.69) is 16.6 Å². The van der Waals surface area contributed by atoms with Gasteiger partial charge < -0.3 is 10.2 Å². The summed E-state index contributed by atoms with van der Waals surface area (Å²) in [4.78, 5) is 24.9. The Balaban J connectivity index is 4.07. The Labute approximate surface area is 103 Å². The summed E-state index contributed by atoms with van der Waals surface area (Å²) in [6.07, 6.45) is 5.03. The highest BCUT2D eigenvalue weighted by atomic mass is 16.2. The minimum atomic E-state index is -0.505. The number of carbonyl (C=O) groups is 2. The third-order valence-corrected chi connectivity index (χ3v) is 2.34. The molecule has 0 aromatic rings. The van der Waals surface area contributed by atoms with Gasteiger partial charge in [-0.25, -0.2) is 0 Å². The van der Waals surface area contributed by atoms with Gasteiger partial charge in [-0.1, -0.05) is 5.92 Å². The molecule has 5 nitrogen and oxygen atoms in total. The van der Waals surface area contributed by atoms with Crippen molar-refractivity contribution in [1.82, 2.24) is 15.5 Å². The topological polar surface area (TPSA) is 61.4 Å². The molecule has 0 spiro atoms. The van der Waals surface area contributed by atoms with E-state index in [9.17, 15) is 9.59 Å². The fourth-order valence-electron chi connectivity index (χ4n) is 1.41. The monoisotopic (exact) mass is 239 g/mol. The van der Waals surface area contributed by atoms with E-state index in [1.807, 2.05) is 13.8 Å². The average molecular weight is 239 g/mol. The summed E-state index contributed by atoms with van der Waals surface area (Å²) in [7, 11) is 0. The van der Waals surface area contributed by atoms with Crippen LogP contribution >= 0.6 is 0 Å². The van der Waals surface area contributed by atoms with Gasteiger partial charge in [-0.15, -0.1) is 6.42 Å². The molecule has 17 heavy (non-hydrogen) atoms. The molecule has 0 saturated heterocycles. The maximum atomic E-state index is 11.8. The van der Waals surface area contributed by atoms with E-state index in [1.54, 1.807) is 11.8 Å². The highest BCUT2D eigenvalue weighted by molar-refractivity contribution is 5.88. The zero-order valence-corrected chi connectivity index (χ0v) is 10.7. The number of likely N-dealkylation sites (N-methyl/N-ethyl adjacent to an activating group) is 1. The zero-order chi connectivity index (χ0) is 13.3. The van der Waals surface area contributed by atoms with Gasteiger partial charge >= 0.3 is 0 Å². The summed E-state index contributed by atoms with van der Waals surface area (Å²) in [6, 6.07) is -0.505. The Bertz CT molecular complexity index is 293. The number of terminal acetylenes is 1. The van der Waals surface area contributed by atoms with Crippen molar-refractivity contribution < 1.29 is 9.59 Å². The van der Waals surface area contributed by atoms with E-state index in [-0.39, 0.29) is 18.4 Å². The molecule has 0 aromatic heterocycles. The van der Waals surface area contributed by atoms with E-state index in [0.717, 1.165) is 0 Å². The molecule has 0 fully saturated rings. The van der Waals surface area contributed by atoms with Crippen molar-refractivity contribution in [2.75, 3.05) is 26.2 Å². The molecular weight excluding hydrogens is 218 g/mol. The highest BCUT2D eigenvalue weighted by Crippen LogP contribution is 1.94. The van der Waals surface area contributed by atoms with Crippen molar-refractivity contribution in [1.29, 1.82) is 0 Å². The molecule has 0 saturated carbocycles. The van der Waals surface area contributed by atoms with Crippen LogP contribution < -0.4 is 10.6 Å². The molecule has 1 unspecified atom stereocenters. The first kappa shape index (κ1) is 15.5. The van der Waals surface area contributed by atoms with E-state index in [0.29, 0.717) is 19.6 Å². The van der Waals surface area contributed by atoms with Crippen LogP contribution in [0.1, 0.15) is 20.8 Å². The lowest BCUT2D eigenvalue weighted by molar-refractivity contribution is -0.135. The van der Waals surface area contributed by atoms with Crippen LogP contribution in [0.4, 0.5) is 0 Å². The predicted molar refractivity (Wildman–Crippen MR) is 67.2 cm³/mol. The van der Waals surface area contributed by atoms with Crippen molar-refractivity contribution in [3.63, 3.8) is 0 Å². The molecule has 0 aliphatic carbocycles. The van der Waals surface area contributed by atoms with Crippen LogP contribution in [0, 0.1) is 12.3 Å². The maximum absolute atomic E-state index is 11.8. The van der Waals surface area contributed by atoms with Gasteiger partial charge in [-0.2, -0.15) is 0 Å². The molecule has 96 valence electrons. The van der Waals surface area contributed by atoms with Crippen LogP contribution in [-0.2, 0) is 9.59 Å².